The van der Waals surface area contributed by atoms with Crippen molar-refractivity contribution in [3.05, 3.63) is 28.7 Å². The molecule has 0 bridgehead atoms. The van der Waals surface area contributed by atoms with Crippen LogP contribution in [-0.4, -0.2) is 18.2 Å². The van der Waals surface area contributed by atoms with E-state index in [1.54, 1.807) is 0 Å². The van der Waals surface area contributed by atoms with E-state index in [2.05, 4.69) is 0 Å². The molecular weight excluding hydrogens is 174 g/mol. The number of hydrogen-bond donors (Lipinski definition) is 1. The summed E-state index contributed by atoms with van der Waals surface area (Å²) in [4.78, 5) is 10.6. The molecule has 0 radical (unpaired) electrons. The van der Waals surface area contributed by atoms with E-state index in [9.17, 15) is 10.0 Å². The summed E-state index contributed by atoms with van der Waals surface area (Å²) in [5, 5.41) is 19.8. The van der Waals surface area contributed by atoms with Crippen LogP contribution in [0.2, 0.25) is 0 Å². The van der Waals surface area contributed by atoms with Crippen LogP contribution in [-0.2, 0) is 0 Å². The lowest BCUT2D eigenvalue weighted by Crippen LogP contribution is -2.37. The number of carbonyl (C=O) groups is 1. The van der Waals surface area contributed by atoms with Gasteiger partial charge in [0.1, 0.15) is 5.75 Å². The minimum Gasteiger partial charge on any atom is -0.618 e. The SMILES string of the molecule is COc1cc(C)[n+]([O-])c(C(=O)O)c1. The van der Waals surface area contributed by atoms with Gasteiger partial charge in [-0.15, -0.1) is 0 Å². The fourth-order valence-corrected chi connectivity index (χ4v) is 0.956. The van der Waals surface area contributed by atoms with Gasteiger partial charge in [0.05, 0.1) is 13.2 Å². The first kappa shape index (κ1) is 9.31. The van der Waals surface area contributed by atoms with Crippen molar-refractivity contribution in [1.29, 1.82) is 0 Å². The number of pyridine rings is 1. The third-order valence-corrected chi connectivity index (χ3v) is 1.62. The summed E-state index contributed by atoms with van der Waals surface area (Å²) in [6.45, 7) is 1.52. The fourth-order valence-electron chi connectivity index (χ4n) is 0.956. The third-order valence-electron chi connectivity index (χ3n) is 1.62. The lowest BCUT2D eigenvalue weighted by Gasteiger charge is -2.05. The largest absolute Gasteiger partial charge is 0.618 e. The van der Waals surface area contributed by atoms with Crippen LogP contribution in [0, 0.1) is 12.1 Å². The van der Waals surface area contributed by atoms with Gasteiger partial charge >= 0.3 is 11.7 Å². The number of rotatable bonds is 2. The highest BCUT2D eigenvalue weighted by Gasteiger charge is 2.18. The lowest BCUT2D eigenvalue weighted by atomic mass is 10.3. The molecule has 1 aromatic rings. The van der Waals surface area contributed by atoms with Crippen molar-refractivity contribution in [3.63, 3.8) is 0 Å². The molecule has 0 saturated heterocycles. The molecule has 5 heteroatoms. The molecular formula is C8H9NO4. The number of nitrogens with zero attached hydrogens (tertiary/aromatic N) is 1. The number of methoxy groups -OCH3 is 1. The second-order valence-corrected chi connectivity index (χ2v) is 2.52. The van der Waals surface area contributed by atoms with Crippen LogP contribution >= 0.6 is 0 Å². The number of hydrogen-bond acceptors (Lipinski definition) is 3. The van der Waals surface area contributed by atoms with Crippen LogP contribution in [0.1, 0.15) is 16.2 Å². The van der Waals surface area contributed by atoms with Crippen LogP contribution < -0.4 is 9.47 Å². The molecule has 0 spiro atoms. The maximum atomic E-state index is 11.2. The third kappa shape index (κ3) is 1.69. The summed E-state index contributed by atoms with van der Waals surface area (Å²) in [6, 6.07) is 2.65. The molecule has 1 aromatic heterocycles. The van der Waals surface area contributed by atoms with Crippen molar-refractivity contribution in [3.8, 4) is 5.75 Å². The van der Waals surface area contributed by atoms with Crippen molar-refractivity contribution >= 4 is 5.97 Å². The van der Waals surface area contributed by atoms with Gasteiger partial charge in [-0.05, 0) is 0 Å². The predicted molar refractivity (Wildman–Crippen MR) is 43.7 cm³/mol. The van der Waals surface area contributed by atoms with Crippen LogP contribution in [0.5, 0.6) is 5.75 Å². The number of aromatic nitrogens is 1. The van der Waals surface area contributed by atoms with Crippen molar-refractivity contribution in [2.45, 2.75) is 6.92 Å². The molecule has 0 unspecified atom stereocenters. The molecule has 70 valence electrons. The summed E-state index contributed by atoms with van der Waals surface area (Å²) in [6.07, 6.45) is 0. The van der Waals surface area contributed by atoms with Crippen molar-refractivity contribution in [2.24, 2.45) is 0 Å². The Morgan fingerprint density at radius 3 is 2.69 bits per heavy atom. The number of aromatic carboxylic acids is 1. The molecule has 0 atom stereocenters. The number of carboxylic acids is 1. The first-order valence-electron chi connectivity index (χ1n) is 3.57. The van der Waals surface area contributed by atoms with E-state index in [1.165, 1.54) is 26.2 Å². The van der Waals surface area contributed by atoms with Gasteiger partial charge < -0.3 is 15.1 Å². The first-order chi connectivity index (χ1) is 6.06. The molecule has 0 saturated carbocycles. The van der Waals surface area contributed by atoms with Crippen molar-refractivity contribution in [2.75, 3.05) is 7.11 Å². The van der Waals surface area contributed by atoms with E-state index in [0.717, 1.165) is 0 Å². The summed E-state index contributed by atoms with van der Waals surface area (Å²) in [5.41, 5.74) is -0.0476. The Hall–Kier alpha value is -1.78. The maximum Gasteiger partial charge on any atom is 0.402 e. The van der Waals surface area contributed by atoms with Gasteiger partial charge in [0.25, 0.3) is 0 Å². The quantitative estimate of drug-likeness (QED) is 0.529. The average Bonchev–Trinajstić information content (AvgIpc) is 2.09. The second kappa shape index (κ2) is 3.30. The molecule has 0 aliphatic heterocycles. The summed E-state index contributed by atoms with van der Waals surface area (Å²) >= 11 is 0. The maximum absolute atomic E-state index is 11.2. The zero-order valence-electron chi connectivity index (χ0n) is 7.27. The number of carboxylic acid groups (broad SMARTS) is 1. The normalized spacial score (nSPS) is 9.69. The Labute approximate surface area is 74.8 Å². The van der Waals surface area contributed by atoms with E-state index in [0.29, 0.717) is 10.5 Å². The zero-order valence-corrected chi connectivity index (χ0v) is 7.27. The molecule has 0 aliphatic rings. The molecule has 1 rings (SSSR count). The van der Waals surface area contributed by atoms with Crippen molar-refractivity contribution < 1.29 is 19.4 Å². The predicted octanol–water partition coefficient (Wildman–Crippen LogP) is 0.335. The topological polar surface area (TPSA) is 73.5 Å². The van der Waals surface area contributed by atoms with Crippen LogP contribution in [0.15, 0.2) is 12.1 Å². The Morgan fingerprint density at radius 2 is 2.23 bits per heavy atom. The molecule has 1 N–H and O–H groups in total. The summed E-state index contributed by atoms with van der Waals surface area (Å²) in [5.74, 6) is -0.904. The Kier molecular flexibility index (Phi) is 2.36. The van der Waals surface area contributed by atoms with E-state index in [1.807, 2.05) is 0 Å². The van der Waals surface area contributed by atoms with Gasteiger partial charge in [-0.1, -0.05) is 0 Å². The Balaban J connectivity index is 3.33. The summed E-state index contributed by atoms with van der Waals surface area (Å²) in [7, 11) is 1.41. The molecule has 0 amide bonds. The van der Waals surface area contributed by atoms with Crippen LogP contribution in [0.4, 0.5) is 0 Å². The smallest absolute Gasteiger partial charge is 0.402 e. The first-order valence-corrected chi connectivity index (χ1v) is 3.57. The highest BCUT2D eigenvalue weighted by Crippen LogP contribution is 2.11. The number of aryl methyl sites for hydroxylation is 1. The van der Waals surface area contributed by atoms with Crippen molar-refractivity contribution in [1.82, 2.24) is 0 Å². The highest BCUT2D eigenvalue weighted by atomic mass is 16.5. The Morgan fingerprint density at radius 1 is 1.62 bits per heavy atom. The summed E-state index contributed by atoms with van der Waals surface area (Å²) < 4.78 is 5.18. The lowest BCUT2D eigenvalue weighted by molar-refractivity contribution is -0.615. The fraction of sp³-hybridized carbons (Fsp3) is 0.250. The van der Waals surface area contributed by atoms with Gasteiger partial charge in [-0.3, -0.25) is 0 Å². The highest BCUT2D eigenvalue weighted by molar-refractivity contribution is 5.84. The van der Waals surface area contributed by atoms with Gasteiger partial charge in [0.2, 0.25) is 0 Å². The van der Waals surface area contributed by atoms with Gasteiger partial charge in [0.15, 0.2) is 5.69 Å². The molecule has 5 nitrogen and oxygen atoms in total. The van der Waals surface area contributed by atoms with Gasteiger partial charge in [0, 0.05) is 13.0 Å². The second-order valence-electron chi connectivity index (χ2n) is 2.52. The van der Waals surface area contributed by atoms with Crippen LogP contribution in [0.3, 0.4) is 0 Å². The molecule has 1 heterocycles. The zero-order chi connectivity index (χ0) is 10.0. The molecule has 13 heavy (non-hydrogen) atoms. The standard InChI is InChI=1S/C8H9NO4/c1-5-3-6(13-2)4-7(8(10)11)9(5)12/h3-4H,1-2H3,(H,10,11). The molecule has 0 fully saturated rings. The number of ether oxygens (including phenoxy) is 1. The van der Waals surface area contributed by atoms with Gasteiger partial charge in [-0.25, -0.2) is 4.79 Å². The average molecular weight is 183 g/mol. The molecule has 0 aliphatic carbocycles. The van der Waals surface area contributed by atoms with E-state index >= 15 is 0 Å². The Bertz CT molecular complexity index is 348. The van der Waals surface area contributed by atoms with Crippen LogP contribution in [0.25, 0.3) is 0 Å². The minimum absolute atomic E-state index is 0.289. The monoisotopic (exact) mass is 183 g/mol. The molecule has 0 aromatic carbocycles. The van der Waals surface area contributed by atoms with E-state index < -0.39 is 5.97 Å². The van der Waals surface area contributed by atoms with E-state index in [-0.39, 0.29) is 11.4 Å². The van der Waals surface area contributed by atoms with E-state index in [4.69, 9.17) is 9.84 Å². The van der Waals surface area contributed by atoms with Gasteiger partial charge in [-0.2, -0.15) is 4.73 Å². The minimum atomic E-state index is -1.27.